The predicted octanol–water partition coefficient (Wildman–Crippen LogP) is 1.60. The van der Waals surface area contributed by atoms with E-state index in [1.54, 1.807) is 6.07 Å². The number of carbonyl (C=O) groups excluding carboxylic acids is 1. The molecule has 0 unspecified atom stereocenters. The number of aromatic hydroxyl groups is 1. The number of hydrogen-bond acceptors (Lipinski definition) is 5. The third-order valence-corrected chi connectivity index (χ3v) is 2.64. The normalized spacial score (nSPS) is 13.1. The summed E-state index contributed by atoms with van der Waals surface area (Å²) < 4.78 is 4.57. The van der Waals surface area contributed by atoms with Crippen LogP contribution in [0.1, 0.15) is 42.8 Å². The molecule has 0 aromatic heterocycles. The zero-order valence-corrected chi connectivity index (χ0v) is 11.7. The summed E-state index contributed by atoms with van der Waals surface area (Å²) in [5.74, 6) is -0.790. The molecule has 0 spiro atoms. The van der Waals surface area contributed by atoms with E-state index in [0.29, 0.717) is 12.1 Å². The van der Waals surface area contributed by atoms with Crippen LogP contribution in [0, 0.1) is 0 Å². The molecule has 0 aliphatic carbocycles. The molecule has 0 heterocycles. The molecule has 0 radical (unpaired) electrons. The van der Waals surface area contributed by atoms with Crippen molar-refractivity contribution < 1.29 is 19.7 Å². The van der Waals surface area contributed by atoms with E-state index in [9.17, 15) is 15.0 Å². The first-order valence-corrected chi connectivity index (χ1v) is 6.09. The first-order valence-electron chi connectivity index (χ1n) is 6.09. The quantitative estimate of drug-likeness (QED) is 0.722. The molecule has 5 nitrogen and oxygen atoms in total. The van der Waals surface area contributed by atoms with Gasteiger partial charge in [-0.15, -0.1) is 0 Å². The maximum absolute atomic E-state index is 11.4. The zero-order valence-electron chi connectivity index (χ0n) is 11.7. The monoisotopic (exact) mass is 267 g/mol. The summed E-state index contributed by atoms with van der Waals surface area (Å²) in [6.07, 6.45) is -0.761. The number of methoxy groups -OCH3 is 1. The lowest BCUT2D eigenvalue weighted by Crippen LogP contribution is -2.38. The van der Waals surface area contributed by atoms with Gasteiger partial charge in [0.25, 0.3) is 0 Å². The van der Waals surface area contributed by atoms with Crippen molar-refractivity contribution in [2.45, 2.75) is 32.4 Å². The van der Waals surface area contributed by atoms with Gasteiger partial charge in [0.05, 0.1) is 13.2 Å². The van der Waals surface area contributed by atoms with E-state index in [1.165, 1.54) is 19.2 Å². The lowest BCUT2D eigenvalue weighted by molar-refractivity contribution is 0.0597. The largest absolute Gasteiger partial charge is 0.507 e. The lowest BCUT2D eigenvalue weighted by Gasteiger charge is -2.23. The molecule has 106 valence electrons. The molecule has 0 bridgehead atoms. The number of esters is 1. The molecule has 1 rings (SSSR count). The summed E-state index contributed by atoms with van der Waals surface area (Å²) in [6, 6.07) is 4.40. The molecule has 1 aromatic rings. The van der Waals surface area contributed by atoms with E-state index in [-0.39, 0.29) is 16.9 Å². The van der Waals surface area contributed by atoms with Gasteiger partial charge in [-0.1, -0.05) is 6.07 Å². The van der Waals surface area contributed by atoms with Crippen LogP contribution in [0.5, 0.6) is 5.75 Å². The maximum atomic E-state index is 11.4. The number of phenolic OH excluding ortho intramolecular Hbond substituents is 1. The van der Waals surface area contributed by atoms with Crippen LogP contribution in [0.3, 0.4) is 0 Å². The fourth-order valence-electron chi connectivity index (χ4n) is 1.56. The fourth-order valence-corrected chi connectivity index (χ4v) is 1.56. The van der Waals surface area contributed by atoms with Gasteiger partial charge in [-0.05, 0) is 38.5 Å². The van der Waals surface area contributed by atoms with Crippen molar-refractivity contribution in [2.75, 3.05) is 13.7 Å². The number of β-amino-alcohol motifs (C(OH)–C–C–N with tert-alkyl or cyclic N) is 1. The van der Waals surface area contributed by atoms with E-state index in [1.807, 2.05) is 20.8 Å². The third-order valence-electron chi connectivity index (χ3n) is 2.64. The van der Waals surface area contributed by atoms with E-state index in [2.05, 4.69) is 10.1 Å². The van der Waals surface area contributed by atoms with Crippen LogP contribution in [0.4, 0.5) is 0 Å². The molecular weight excluding hydrogens is 246 g/mol. The van der Waals surface area contributed by atoms with Crippen molar-refractivity contribution in [3.8, 4) is 5.75 Å². The van der Waals surface area contributed by atoms with E-state index < -0.39 is 12.1 Å². The Morgan fingerprint density at radius 2 is 2.05 bits per heavy atom. The summed E-state index contributed by atoms with van der Waals surface area (Å²) in [6.45, 7) is 6.35. The molecule has 1 aromatic carbocycles. The summed E-state index contributed by atoms with van der Waals surface area (Å²) >= 11 is 0. The minimum Gasteiger partial charge on any atom is -0.507 e. The molecule has 19 heavy (non-hydrogen) atoms. The van der Waals surface area contributed by atoms with Crippen LogP contribution in [0.2, 0.25) is 0 Å². The van der Waals surface area contributed by atoms with Gasteiger partial charge in [-0.25, -0.2) is 4.79 Å². The van der Waals surface area contributed by atoms with Crippen molar-refractivity contribution >= 4 is 5.97 Å². The minimum absolute atomic E-state index is 0.0507. The highest BCUT2D eigenvalue weighted by atomic mass is 16.5. The van der Waals surface area contributed by atoms with E-state index in [4.69, 9.17) is 0 Å². The van der Waals surface area contributed by atoms with E-state index in [0.717, 1.165) is 0 Å². The average Bonchev–Trinajstić information content (AvgIpc) is 2.34. The number of aliphatic hydroxyl groups excluding tert-OH is 1. The van der Waals surface area contributed by atoms with Gasteiger partial charge in [0.2, 0.25) is 0 Å². The smallest absolute Gasteiger partial charge is 0.341 e. The summed E-state index contributed by atoms with van der Waals surface area (Å²) in [7, 11) is 1.24. The summed E-state index contributed by atoms with van der Waals surface area (Å²) in [5, 5.41) is 22.8. The van der Waals surface area contributed by atoms with Crippen LogP contribution in [-0.2, 0) is 4.74 Å². The highest BCUT2D eigenvalue weighted by Gasteiger charge is 2.17. The second kappa shape index (κ2) is 6.04. The Balaban J connectivity index is 2.86. The van der Waals surface area contributed by atoms with Gasteiger partial charge < -0.3 is 20.3 Å². The minimum atomic E-state index is -0.761. The number of carbonyl (C=O) groups is 1. The Morgan fingerprint density at radius 3 is 2.58 bits per heavy atom. The highest BCUT2D eigenvalue weighted by Crippen LogP contribution is 2.23. The standard InChI is InChI=1S/C14H21NO4/c1-14(2,3)15-8-12(17)9-5-6-11(16)10(7-9)13(18)19-4/h5-7,12,15-17H,8H2,1-4H3/t12-/m1/s1. The molecule has 0 fully saturated rings. The number of benzene rings is 1. The Hall–Kier alpha value is -1.59. The first kappa shape index (κ1) is 15.5. The van der Waals surface area contributed by atoms with Crippen LogP contribution in [0.15, 0.2) is 18.2 Å². The van der Waals surface area contributed by atoms with Crippen molar-refractivity contribution in [2.24, 2.45) is 0 Å². The topological polar surface area (TPSA) is 78.8 Å². The molecule has 0 saturated carbocycles. The van der Waals surface area contributed by atoms with E-state index >= 15 is 0 Å². The molecule has 0 aliphatic heterocycles. The van der Waals surface area contributed by atoms with Gasteiger partial charge in [0, 0.05) is 12.1 Å². The second-order valence-corrected chi connectivity index (χ2v) is 5.41. The van der Waals surface area contributed by atoms with Gasteiger partial charge in [0.15, 0.2) is 0 Å². The first-order chi connectivity index (χ1) is 8.74. The number of aliphatic hydroxyl groups is 1. The molecule has 5 heteroatoms. The van der Waals surface area contributed by atoms with Crippen molar-refractivity contribution in [3.63, 3.8) is 0 Å². The molecular formula is C14H21NO4. The summed E-state index contributed by atoms with van der Waals surface area (Å²) in [5.41, 5.74) is 0.494. The molecule has 1 atom stereocenters. The maximum Gasteiger partial charge on any atom is 0.341 e. The van der Waals surface area contributed by atoms with Gasteiger partial charge in [-0.2, -0.15) is 0 Å². The second-order valence-electron chi connectivity index (χ2n) is 5.41. The number of phenols is 1. The molecule has 0 aliphatic rings. The van der Waals surface area contributed by atoms with Crippen molar-refractivity contribution in [3.05, 3.63) is 29.3 Å². The highest BCUT2D eigenvalue weighted by molar-refractivity contribution is 5.92. The Bertz CT molecular complexity index is 451. The molecule has 3 N–H and O–H groups in total. The van der Waals surface area contributed by atoms with Gasteiger partial charge in [-0.3, -0.25) is 0 Å². The molecule has 0 amide bonds. The number of rotatable bonds is 4. The van der Waals surface area contributed by atoms with Crippen LogP contribution >= 0.6 is 0 Å². The van der Waals surface area contributed by atoms with Gasteiger partial charge in [0.1, 0.15) is 11.3 Å². The Kier molecular flexibility index (Phi) is 4.91. The Labute approximate surface area is 113 Å². The molecule has 0 saturated heterocycles. The van der Waals surface area contributed by atoms with Gasteiger partial charge >= 0.3 is 5.97 Å². The SMILES string of the molecule is COC(=O)c1cc([C@H](O)CNC(C)(C)C)ccc1O. The Morgan fingerprint density at radius 1 is 1.42 bits per heavy atom. The number of hydrogen-bond donors (Lipinski definition) is 3. The lowest BCUT2D eigenvalue weighted by atomic mass is 10.0. The fraction of sp³-hybridized carbons (Fsp3) is 0.500. The number of nitrogens with one attached hydrogen (secondary N) is 1. The van der Waals surface area contributed by atoms with Crippen molar-refractivity contribution in [1.29, 1.82) is 0 Å². The van der Waals surface area contributed by atoms with Crippen LogP contribution in [-0.4, -0.2) is 35.4 Å². The average molecular weight is 267 g/mol. The van der Waals surface area contributed by atoms with Crippen LogP contribution in [0.25, 0.3) is 0 Å². The predicted molar refractivity (Wildman–Crippen MR) is 72.2 cm³/mol. The zero-order chi connectivity index (χ0) is 14.6. The van der Waals surface area contributed by atoms with Crippen molar-refractivity contribution in [1.82, 2.24) is 5.32 Å². The summed E-state index contributed by atoms with van der Waals surface area (Å²) in [4.78, 5) is 11.4. The third kappa shape index (κ3) is 4.54. The number of ether oxygens (including phenoxy) is 1. The van der Waals surface area contributed by atoms with Crippen LogP contribution < -0.4 is 5.32 Å².